The third-order valence-electron chi connectivity index (χ3n) is 12.6. The van der Waals surface area contributed by atoms with Gasteiger partial charge in [-0.2, -0.15) is 0 Å². The van der Waals surface area contributed by atoms with Crippen molar-refractivity contribution in [3.63, 3.8) is 0 Å². The van der Waals surface area contributed by atoms with Crippen molar-refractivity contribution < 1.29 is 24.5 Å². The summed E-state index contributed by atoms with van der Waals surface area (Å²) in [5.74, 6) is -0.0820. The van der Waals surface area contributed by atoms with E-state index >= 15 is 0 Å². The Hall–Kier alpha value is -2.18. The van der Waals surface area contributed by atoms with Crippen LogP contribution in [0.15, 0.2) is 48.6 Å². The maximum atomic E-state index is 12.5. The number of nitrogens with one attached hydrogen (secondary N) is 1. The summed E-state index contributed by atoms with van der Waals surface area (Å²) in [7, 11) is 0. The SMILES string of the molecule is CCCC/C=C\C/C=C\CCCCCCCC(=O)OCCCCC/C=C\C/C=C\CCCCCCCCCC(=O)NC(CO)C(O)CCCCCCCCCCCCCCCCCC. The second kappa shape index (κ2) is 53.4. The normalized spacial score (nSPS) is 13.0. The van der Waals surface area contributed by atoms with Crippen LogP contribution in [0.1, 0.15) is 284 Å². The van der Waals surface area contributed by atoms with E-state index in [4.69, 9.17) is 4.74 Å². The van der Waals surface area contributed by atoms with E-state index in [0.717, 1.165) is 96.3 Å². The first kappa shape index (κ1) is 61.8. The number of aliphatic hydroxyl groups excluding tert-OH is 2. The van der Waals surface area contributed by atoms with Crippen molar-refractivity contribution in [1.82, 2.24) is 5.32 Å². The number of ether oxygens (including phenoxy) is 1. The van der Waals surface area contributed by atoms with Crippen LogP contribution >= 0.6 is 0 Å². The molecule has 0 saturated heterocycles. The molecule has 0 bridgehead atoms. The first-order chi connectivity index (χ1) is 31.5. The second-order valence-electron chi connectivity index (χ2n) is 18.9. The number of carbonyl (C=O) groups is 2. The molecule has 0 aromatic heterocycles. The molecule has 0 aliphatic carbocycles. The lowest BCUT2D eigenvalue weighted by Crippen LogP contribution is -2.45. The summed E-state index contributed by atoms with van der Waals surface area (Å²) in [6.45, 7) is 4.86. The topological polar surface area (TPSA) is 95.9 Å². The van der Waals surface area contributed by atoms with Crippen LogP contribution in [0.25, 0.3) is 0 Å². The predicted molar refractivity (Wildman–Crippen MR) is 278 cm³/mol. The van der Waals surface area contributed by atoms with E-state index in [1.807, 2.05) is 0 Å². The molecule has 0 aliphatic rings. The highest BCUT2D eigenvalue weighted by molar-refractivity contribution is 5.76. The smallest absolute Gasteiger partial charge is 0.305 e. The molecule has 0 fully saturated rings. The Kier molecular flexibility index (Phi) is 51.6. The molecule has 6 nitrogen and oxygen atoms in total. The highest BCUT2D eigenvalue weighted by atomic mass is 16.5. The molecule has 1 amide bonds. The summed E-state index contributed by atoms with van der Waals surface area (Å²) in [5.41, 5.74) is 0. The van der Waals surface area contributed by atoms with Crippen molar-refractivity contribution >= 4 is 11.9 Å². The minimum atomic E-state index is -0.676. The highest BCUT2D eigenvalue weighted by Gasteiger charge is 2.20. The van der Waals surface area contributed by atoms with Crippen LogP contribution in [0.2, 0.25) is 0 Å². The number of esters is 1. The average Bonchev–Trinajstić information content (AvgIpc) is 3.29. The van der Waals surface area contributed by atoms with Crippen molar-refractivity contribution in [2.45, 2.75) is 296 Å². The van der Waals surface area contributed by atoms with Gasteiger partial charge in [-0.25, -0.2) is 0 Å². The van der Waals surface area contributed by atoms with Gasteiger partial charge in [0.1, 0.15) is 0 Å². The number of carbonyl (C=O) groups excluding carboxylic acids is 2. The van der Waals surface area contributed by atoms with Gasteiger partial charge in [-0.05, 0) is 89.9 Å². The van der Waals surface area contributed by atoms with Gasteiger partial charge in [-0.15, -0.1) is 0 Å². The molecule has 3 N–H and O–H groups in total. The average molecular weight is 898 g/mol. The number of unbranched alkanes of at least 4 members (excludes halogenated alkanes) is 32. The lowest BCUT2D eigenvalue weighted by molar-refractivity contribution is -0.143. The zero-order valence-corrected chi connectivity index (χ0v) is 42.5. The largest absolute Gasteiger partial charge is 0.466 e. The van der Waals surface area contributed by atoms with Crippen LogP contribution in [0.5, 0.6) is 0 Å². The fourth-order valence-electron chi connectivity index (χ4n) is 8.27. The maximum absolute atomic E-state index is 12.5. The molecule has 374 valence electrons. The van der Waals surface area contributed by atoms with Crippen molar-refractivity contribution in [1.29, 1.82) is 0 Å². The van der Waals surface area contributed by atoms with E-state index in [1.54, 1.807) is 0 Å². The van der Waals surface area contributed by atoms with Gasteiger partial charge in [0.25, 0.3) is 0 Å². The zero-order chi connectivity index (χ0) is 46.5. The molecule has 0 heterocycles. The second-order valence-corrected chi connectivity index (χ2v) is 18.9. The molecule has 2 unspecified atom stereocenters. The first-order valence-corrected chi connectivity index (χ1v) is 27.9. The lowest BCUT2D eigenvalue weighted by atomic mass is 10.0. The van der Waals surface area contributed by atoms with Crippen LogP contribution in [0.3, 0.4) is 0 Å². The van der Waals surface area contributed by atoms with Crippen molar-refractivity contribution in [3.05, 3.63) is 48.6 Å². The fourth-order valence-corrected chi connectivity index (χ4v) is 8.27. The summed E-state index contributed by atoms with van der Waals surface area (Å²) in [6, 6.07) is -0.555. The molecule has 0 aromatic carbocycles. The molecule has 0 aliphatic heterocycles. The maximum Gasteiger partial charge on any atom is 0.305 e. The first-order valence-electron chi connectivity index (χ1n) is 27.9. The molecule has 0 saturated carbocycles. The van der Waals surface area contributed by atoms with Gasteiger partial charge < -0.3 is 20.3 Å². The van der Waals surface area contributed by atoms with Gasteiger partial charge in [0.05, 0.1) is 25.4 Å². The van der Waals surface area contributed by atoms with Gasteiger partial charge in [0.15, 0.2) is 0 Å². The zero-order valence-electron chi connectivity index (χ0n) is 42.5. The lowest BCUT2D eigenvalue weighted by Gasteiger charge is -2.22. The van der Waals surface area contributed by atoms with Crippen LogP contribution in [0, 0.1) is 0 Å². The van der Waals surface area contributed by atoms with Crippen molar-refractivity contribution in [2.75, 3.05) is 13.2 Å². The Morgan fingerprint density at radius 1 is 0.438 bits per heavy atom. The number of hydrogen-bond donors (Lipinski definition) is 3. The molecule has 0 aromatic rings. The van der Waals surface area contributed by atoms with E-state index < -0.39 is 12.1 Å². The standard InChI is InChI=1S/C58H107NO5/c1-3-5-7-9-11-13-15-17-19-23-26-30-34-38-42-46-50-56(61)55(54-60)59-57(62)51-47-43-39-35-31-27-24-21-20-22-25-29-33-37-41-45-49-53-64-58(63)52-48-44-40-36-32-28-18-16-14-12-10-8-6-4-2/h10,12,16,18,20,22,29,33,55-56,60-61H,3-9,11,13-15,17,19,21,23-28,30-32,34-54H2,1-2H3,(H,59,62)/b12-10-,18-16-,22-20-,33-29-. The summed E-state index contributed by atoms with van der Waals surface area (Å²) in [5, 5.41) is 23.3. The fraction of sp³-hybridized carbons (Fsp3) is 0.828. The molecular formula is C58H107NO5. The van der Waals surface area contributed by atoms with Gasteiger partial charge in [-0.1, -0.05) is 229 Å². The van der Waals surface area contributed by atoms with Gasteiger partial charge in [0, 0.05) is 12.8 Å². The summed E-state index contributed by atoms with van der Waals surface area (Å²) < 4.78 is 5.44. The Morgan fingerprint density at radius 2 is 0.797 bits per heavy atom. The predicted octanol–water partition coefficient (Wildman–Crippen LogP) is 17.0. The monoisotopic (exact) mass is 898 g/mol. The molecule has 0 rings (SSSR count). The van der Waals surface area contributed by atoms with E-state index in [9.17, 15) is 19.8 Å². The van der Waals surface area contributed by atoms with E-state index in [0.29, 0.717) is 25.9 Å². The quantitative estimate of drug-likeness (QED) is 0.0321. The van der Waals surface area contributed by atoms with Crippen LogP contribution in [-0.2, 0) is 14.3 Å². The summed E-state index contributed by atoms with van der Waals surface area (Å²) in [6.07, 6.45) is 66.6. The minimum absolute atomic E-state index is 0.0305. The van der Waals surface area contributed by atoms with Crippen molar-refractivity contribution in [2.24, 2.45) is 0 Å². The van der Waals surface area contributed by atoms with Crippen molar-refractivity contribution in [3.8, 4) is 0 Å². The molecular weight excluding hydrogens is 791 g/mol. The van der Waals surface area contributed by atoms with Crippen LogP contribution in [-0.4, -0.2) is 47.4 Å². The summed E-state index contributed by atoms with van der Waals surface area (Å²) >= 11 is 0. The van der Waals surface area contributed by atoms with Crippen LogP contribution < -0.4 is 5.32 Å². The van der Waals surface area contributed by atoms with E-state index in [-0.39, 0.29) is 18.5 Å². The van der Waals surface area contributed by atoms with Gasteiger partial charge >= 0.3 is 5.97 Å². The van der Waals surface area contributed by atoms with Crippen LogP contribution in [0.4, 0.5) is 0 Å². The highest BCUT2D eigenvalue weighted by Crippen LogP contribution is 2.16. The number of allylic oxidation sites excluding steroid dienone is 8. The third kappa shape index (κ3) is 49.3. The molecule has 0 spiro atoms. The molecule has 64 heavy (non-hydrogen) atoms. The number of hydrogen-bond acceptors (Lipinski definition) is 5. The Morgan fingerprint density at radius 3 is 1.23 bits per heavy atom. The molecule has 2 atom stereocenters. The number of rotatable bonds is 51. The number of amides is 1. The molecule has 6 heteroatoms. The summed E-state index contributed by atoms with van der Waals surface area (Å²) in [4.78, 5) is 24.5. The third-order valence-corrected chi connectivity index (χ3v) is 12.6. The van der Waals surface area contributed by atoms with Gasteiger partial charge in [0.2, 0.25) is 5.91 Å². The molecule has 0 radical (unpaired) electrons. The van der Waals surface area contributed by atoms with E-state index in [2.05, 4.69) is 67.8 Å². The number of aliphatic hydroxyl groups is 2. The Balaban J connectivity index is 3.52. The Bertz CT molecular complexity index is 1080. The minimum Gasteiger partial charge on any atom is -0.466 e. The van der Waals surface area contributed by atoms with E-state index in [1.165, 1.54) is 154 Å². The van der Waals surface area contributed by atoms with Gasteiger partial charge in [-0.3, -0.25) is 9.59 Å². The Labute approximate surface area is 397 Å².